The number of benzene rings is 1. The molecule has 16 heavy (non-hydrogen) atoms. The van der Waals surface area contributed by atoms with Crippen LogP contribution in [0.2, 0.25) is 0 Å². The summed E-state index contributed by atoms with van der Waals surface area (Å²) < 4.78 is 4.86. The van der Waals surface area contributed by atoms with Crippen LogP contribution in [-0.4, -0.2) is 21.8 Å². The van der Waals surface area contributed by atoms with Gasteiger partial charge in [0.2, 0.25) is 5.89 Å². The minimum absolute atomic E-state index is 0.288. The third-order valence-corrected chi connectivity index (χ3v) is 2.16. The van der Waals surface area contributed by atoms with Crippen LogP contribution in [0.4, 0.5) is 0 Å². The quantitative estimate of drug-likeness (QED) is 0.737. The maximum absolute atomic E-state index is 9.26. The second kappa shape index (κ2) is 5.27. The Morgan fingerprint density at radius 3 is 3.06 bits per heavy atom. The normalized spacial score (nSPS) is 10.5. The van der Waals surface area contributed by atoms with Gasteiger partial charge in [-0.05, 0) is 17.7 Å². The van der Waals surface area contributed by atoms with Crippen molar-refractivity contribution in [3.8, 4) is 5.75 Å². The van der Waals surface area contributed by atoms with E-state index < -0.39 is 0 Å². The van der Waals surface area contributed by atoms with Crippen molar-refractivity contribution >= 4 is 0 Å². The average molecular weight is 219 g/mol. The molecule has 0 amide bonds. The first-order chi connectivity index (χ1) is 7.84. The lowest BCUT2D eigenvalue weighted by Crippen LogP contribution is -2.16. The lowest BCUT2D eigenvalue weighted by molar-refractivity contribution is 0.375. The van der Waals surface area contributed by atoms with E-state index in [0.29, 0.717) is 18.9 Å². The third kappa shape index (κ3) is 3.06. The Morgan fingerprint density at radius 2 is 2.31 bits per heavy atom. The number of nitrogens with one attached hydrogen (secondary N) is 1. The standard InChI is InChI=1S/C11H13N3O2/c15-10-3-1-2-9(6-10)7-12-5-4-11-13-8-14-16-11/h1-3,6,8,12,15H,4-5,7H2. The molecule has 0 radical (unpaired) electrons. The molecule has 2 aromatic rings. The predicted molar refractivity (Wildman–Crippen MR) is 57.8 cm³/mol. The molecule has 0 fully saturated rings. The molecule has 1 aromatic heterocycles. The van der Waals surface area contributed by atoms with Crippen molar-refractivity contribution < 1.29 is 9.63 Å². The van der Waals surface area contributed by atoms with Gasteiger partial charge in [-0.1, -0.05) is 17.3 Å². The zero-order valence-electron chi connectivity index (χ0n) is 8.76. The number of hydrogen-bond acceptors (Lipinski definition) is 5. The minimum Gasteiger partial charge on any atom is -0.508 e. The highest BCUT2D eigenvalue weighted by molar-refractivity contribution is 5.26. The van der Waals surface area contributed by atoms with Crippen LogP contribution in [0.1, 0.15) is 11.5 Å². The monoisotopic (exact) mass is 219 g/mol. The number of aromatic nitrogens is 2. The van der Waals surface area contributed by atoms with E-state index in [2.05, 4.69) is 15.5 Å². The van der Waals surface area contributed by atoms with Crippen LogP contribution >= 0.6 is 0 Å². The molecule has 0 spiro atoms. The topological polar surface area (TPSA) is 71.2 Å². The summed E-state index contributed by atoms with van der Waals surface area (Å²) in [4.78, 5) is 3.92. The number of phenols is 1. The molecule has 5 nitrogen and oxygen atoms in total. The van der Waals surface area contributed by atoms with Crippen molar-refractivity contribution in [3.05, 3.63) is 42.0 Å². The third-order valence-electron chi connectivity index (χ3n) is 2.16. The Labute approximate surface area is 93.1 Å². The van der Waals surface area contributed by atoms with Crippen LogP contribution in [0.25, 0.3) is 0 Å². The fourth-order valence-corrected chi connectivity index (χ4v) is 1.40. The summed E-state index contributed by atoms with van der Waals surface area (Å²) in [5.41, 5.74) is 1.05. The zero-order chi connectivity index (χ0) is 11.2. The van der Waals surface area contributed by atoms with Crippen molar-refractivity contribution in [2.75, 3.05) is 6.54 Å². The lowest BCUT2D eigenvalue weighted by atomic mass is 10.2. The van der Waals surface area contributed by atoms with Gasteiger partial charge in [0.25, 0.3) is 0 Å². The average Bonchev–Trinajstić information content (AvgIpc) is 2.77. The molecule has 5 heteroatoms. The van der Waals surface area contributed by atoms with E-state index in [1.54, 1.807) is 12.1 Å². The molecule has 0 bridgehead atoms. The number of aromatic hydroxyl groups is 1. The van der Waals surface area contributed by atoms with Gasteiger partial charge in [-0.25, -0.2) is 0 Å². The molecule has 1 heterocycles. The fraction of sp³-hybridized carbons (Fsp3) is 0.273. The van der Waals surface area contributed by atoms with Crippen molar-refractivity contribution in [1.29, 1.82) is 0 Å². The van der Waals surface area contributed by atoms with Gasteiger partial charge < -0.3 is 14.9 Å². The molecule has 0 atom stereocenters. The largest absolute Gasteiger partial charge is 0.508 e. The smallest absolute Gasteiger partial charge is 0.227 e. The summed E-state index contributed by atoms with van der Waals surface area (Å²) in [6.07, 6.45) is 2.10. The summed E-state index contributed by atoms with van der Waals surface area (Å²) in [5.74, 6) is 0.916. The first-order valence-corrected chi connectivity index (χ1v) is 5.09. The highest BCUT2D eigenvalue weighted by Gasteiger charge is 1.98. The van der Waals surface area contributed by atoms with Crippen molar-refractivity contribution in [3.63, 3.8) is 0 Å². The van der Waals surface area contributed by atoms with Crippen LogP contribution in [-0.2, 0) is 13.0 Å². The predicted octanol–water partition coefficient (Wildman–Crippen LogP) is 1.11. The maximum Gasteiger partial charge on any atom is 0.227 e. The molecule has 84 valence electrons. The van der Waals surface area contributed by atoms with E-state index in [0.717, 1.165) is 12.1 Å². The van der Waals surface area contributed by atoms with E-state index in [1.807, 2.05) is 12.1 Å². The van der Waals surface area contributed by atoms with Crippen LogP contribution in [0.15, 0.2) is 35.1 Å². The summed E-state index contributed by atoms with van der Waals surface area (Å²) >= 11 is 0. The Balaban J connectivity index is 1.72. The Morgan fingerprint density at radius 1 is 1.38 bits per heavy atom. The molecule has 2 rings (SSSR count). The van der Waals surface area contributed by atoms with Crippen molar-refractivity contribution in [2.24, 2.45) is 0 Å². The van der Waals surface area contributed by atoms with Crippen LogP contribution < -0.4 is 5.32 Å². The Bertz CT molecular complexity index is 429. The highest BCUT2D eigenvalue weighted by Crippen LogP contribution is 2.10. The summed E-state index contributed by atoms with van der Waals surface area (Å²) in [5, 5.41) is 16.0. The maximum atomic E-state index is 9.26. The Kier molecular flexibility index (Phi) is 3.50. The number of phenolic OH excluding ortho intramolecular Hbond substituents is 1. The van der Waals surface area contributed by atoms with Gasteiger partial charge in [-0.3, -0.25) is 0 Å². The molecular formula is C11H13N3O2. The van der Waals surface area contributed by atoms with Gasteiger partial charge in [-0.2, -0.15) is 4.98 Å². The van der Waals surface area contributed by atoms with E-state index in [9.17, 15) is 5.11 Å². The second-order valence-electron chi connectivity index (χ2n) is 3.43. The van der Waals surface area contributed by atoms with Gasteiger partial charge in [0.05, 0.1) is 0 Å². The summed E-state index contributed by atoms with van der Waals surface area (Å²) in [6.45, 7) is 1.47. The van der Waals surface area contributed by atoms with Gasteiger partial charge in [0.1, 0.15) is 5.75 Å². The molecule has 1 aromatic carbocycles. The number of rotatable bonds is 5. The summed E-state index contributed by atoms with van der Waals surface area (Å²) in [7, 11) is 0. The lowest BCUT2D eigenvalue weighted by Gasteiger charge is -2.03. The van der Waals surface area contributed by atoms with Crippen molar-refractivity contribution in [2.45, 2.75) is 13.0 Å². The zero-order valence-corrected chi connectivity index (χ0v) is 8.76. The highest BCUT2D eigenvalue weighted by atomic mass is 16.5. The number of nitrogens with zero attached hydrogens (tertiary/aromatic N) is 2. The van der Waals surface area contributed by atoms with Gasteiger partial charge in [0, 0.05) is 19.5 Å². The first-order valence-electron chi connectivity index (χ1n) is 5.09. The second-order valence-corrected chi connectivity index (χ2v) is 3.43. The van der Waals surface area contributed by atoms with Crippen molar-refractivity contribution in [1.82, 2.24) is 15.5 Å². The molecule has 0 unspecified atom stereocenters. The molecule has 2 N–H and O–H groups in total. The molecule has 0 aliphatic carbocycles. The molecular weight excluding hydrogens is 206 g/mol. The van der Waals surface area contributed by atoms with Gasteiger partial charge in [-0.15, -0.1) is 0 Å². The van der Waals surface area contributed by atoms with Crippen LogP contribution in [0.5, 0.6) is 5.75 Å². The molecule has 0 saturated heterocycles. The van der Waals surface area contributed by atoms with E-state index in [-0.39, 0.29) is 5.75 Å². The first kappa shape index (κ1) is 10.6. The SMILES string of the molecule is Oc1cccc(CNCCc2ncno2)c1. The Hall–Kier alpha value is -1.88. The van der Waals surface area contributed by atoms with E-state index in [4.69, 9.17) is 4.52 Å². The summed E-state index contributed by atoms with van der Waals surface area (Å²) in [6, 6.07) is 7.17. The minimum atomic E-state index is 0.288. The number of hydrogen-bond donors (Lipinski definition) is 2. The molecule has 0 aliphatic rings. The van der Waals surface area contributed by atoms with E-state index >= 15 is 0 Å². The van der Waals surface area contributed by atoms with E-state index in [1.165, 1.54) is 6.33 Å². The van der Waals surface area contributed by atoms with Crippen LogP contribution in [0, 0.1) is 0 Å². The van der Waals surface area contributed by atoms with Crippen LogP contribution in [0.3, 0.4) is 0 Å². The molecule has 0 saturated carbocycles. The van der Waals surface area contributed by atoms with Gasteiger partial charge >= 0.3 is 0 Å². The fourth-order valence-electron chi connectivity index (χ4n) is 1.40. The van der Waals surface area contributed by atoms with Gasteiger partial charge in [0.15, 0.2) is 6.33 Å². The molecule has 0 aliphatic heterocycles.